The molecule has 6 aromatic rings. The quantitative estimate of drug-likeness (QED) is 0.142. The number of anilines is 6. The van der Waals surface area contributed by atoms with Crippen LogP contribution in [0.4, 0.5) is 34.1 Å². The van der Waals surface area contributed by atoms with E-state index >= 15 is 0 Å². The summed E-state index contributed by atoms with van der Waals surface area (Å²) in [7, 11) is 3.43. The molecular weight excluding hydrogens is 661 g/mol. The molecule has 0 fully saturated rings. The van der Waals surface area contributed by atoms with E-state index in [-0.39, 0.29) is 0 Å². The van der Waals surface area contributed by atoms with E-state index < -0.39 is 0 Å². The van der Waals surface area contributed by atoms with Crippen LogP contribution in [0.2, 0.25) is 0 Å². The maximum Gasteiger partial charge on any atom is 0.119 e. The normalized spacial score (nSPS) is 15.7. The fourth-order valence-electron chi connectivity index (χ4n) is 8.51. The Morgan fingerprint density at radius 3 is 1.33 bits per heavy atom. The summed E-state index contributed by atoms with van der Waals surface area (Å²) in [6.45, 7) is 0. The van der Waals surface area contributed by atoms with Crippen LogP contribution >= 0.6 is 0 Å². The van der Waals surface area contributed by atoms with E-state index in [1.54, 1.807) is 14.2 Å². The second kappa shape index (κ2) is 14.8. The number of allylic oxidation sites excluding steroid dienone is 4. The zero-order valence-electron chi connectivity index (χ0n) is 31.2. The standard InChI is InChI=1S/C50H46N2O2/c1-53-49-29-25-45(26-30-49)51(47-23-17-35-5-3-7-41(35)33-47)43-19-13-39(14-20-43)37-9-11-38(12-10-37)40-15-21-44(22-16-40)52(46-27-31-50(54-2)32-28-46)48-24-18-36-6-4-8-42(36)34-48/h9-11,13-34,38H,3-8,12H2,1-2H3. The second-order valence-electron chi connectivity index (χ2n) is 14.7. The van der Waals surface area contributed by atoms with Crippen LogP contribution in [-0.4, -0.2) is 14.2 Å². The van der Waals surface area contributed by atoms with Gasteiger partial charge in [-0.15, -0.1) is 0 Å². The molecule has 0 radical (unpaired) electrons. The monoisotopic (exact) mass is 706 g/mol. The van der Waals surface area contributed by atoms with Gasteiger partial charge in [0.15, 0.2) is 0 Å². The molecule has 0 aromatic heterocycles. The molecule has 0 spiro atoms. The topological polar surface area (TPSA) is 24.9 Å². The summed E-state index contributed by atoms with van der Waals surface area (Å²) in [5.74, 6) is 2.06. The van der Waals surface area contributed by atoms with Crippen LogP contribution in [0.1, 0.15) is 58.6 Å². The van der Waals surface area contributed by atoms with Crippen LogP contribution in [-0.2, 0) is 25.7 Å². The summed E-state index contributed by atoms with van der Waals surface area (Å²) < 4.78 is 10.9. The van der Waals surface area contributed by atoms with Crippen LogP contribution in [0.15, 0.2) is 152 Å². The van der Waals surface area contributed by atoms with Crippen molar-refractivity contribution in [3.05, 3.63) is 185 Å². The van der Waals surface area contributed by atoms with Gasteiger partial charge in [-0.1, -0.05) is 54.6 Å². The second-order valence-corrected chi connectivity index (χ2v) is 14.7. The third-order valence-electron chi connectivity index (χ3n) is 11.5. The highest BCUT2D eigenvalue weighted by Gasteiger charge is 2.20. The first-order chi connectivity index (χ1) is 26.6. The first-order valence-corrected chi connectivity index (χ1v) is 19.3. The molecule has 6 aromatic carbocycles. The van der Waals surface area contributed by atoms with E-state index in [1.807, 2.05) is 24.3 Å². The summed E-state index contributed by atoms with van der Waals surface area (Å²) in [6.07, 6.45) is 15.2. The number of rotatable bonds is 10. The van der Waals surface area contributed by atoms with E-state index in [9.17, 15) is 0 Å². The maximum atomic E-state index is 5.47. The van der Waals surface area contributed by atoms with Gasteiger partial charge in [-0.25, -0.2) is 0 Å². The number of ether oxygens (including phenoxy) is 2. The third kappa shape index (κ3) is 6.69. The van der Waals surface area contributed by atoms with Gasteiger partial charge in [0.1, 0.15) is 11.5 Å². The molecule has 0 amide bonds. The van der Waals surface area contributed by atoms with Gasteiger partial charge < -0.3 is 19.3 Å². The first-order valence-electron chi connectivity index (χ1n) is 19.3. The SMILES string of the molecule is COc1ccc(N(c2ccc(C3=CCC(c4ccc(N(c5ccc(OC)cc5)c5ccc6c(c5)CCC6)cc4)C=C3)cc2)c2ccc3c(c2)CCC3)cc1. The van der Waals surface area contributed by atoms with Gasteiger partial charge in [0.2, 0.25) is 0 Å². The molecule has 268 valence electrons. The van der Waals surface area contributed by atoms with E-state index in [2.05, 4.69) is 137 Å². The Morgan fingerprint density at radius 2 is 0.889 bits per heavy atom. The van der Waals surface area contributed by atoms with Crippen LogP contribution in [0.3, 0.4) is 0 Å². The zero-order valence-corrected chi connectivity index (χ0v) is 31.2. The average molecular weight is 707 g/mol. The number of hydrogen-bond donors (Lipinski definition) is 0. The summed E-state index contributed by atoms with van der Waals surface area (Å²) in [6, 6.07) is 48.8. The molecular formula is C50H46N2O2. The molecule has 1 atom stereocenters. The molecule has 0 bridgehead atoms. The molecule has 9 rings (SSSR count). The molecule has 1 unspecified atom stereocenters. The van der Waals surface area contributed by atoms with E-state index in [0.29, 0.717) is 5.92 Å². The van der Waals surface area contributed by atoms with Crippen molar-refractivity contribution in [2.24, 2.45) is 0 Å². The number of aryl methyl sites for hydroxylation is 4. The van der Waals surface area contributed by atoms with Crippen molar-refractivity contribution in [2.45, 2.75) is 50.9 Å². The van der Waals surface area contributed by atoms with Crippen molar-refractivity contribution >= 4 is 39.7 Å². The number of fused-ring (bicyclic) bond motifs is 2. The van der Waals surface area contributed by atoms with Crippen molar-refractivity contribution < 1.29 is 9.47 Å². The molecule has 54 heavy (non-hydrogen) atoms. The van der Waals surface area contributed by atoms with Crippen molar-refractivity contribution in [3.8, 4) is 11.5 Å². The van der Waals surface area contributed by atoms with Gasteiger partial charge in [0, 0.05) is 40.0 Å². The van der Waals surface area contributed by atoms with Gasteiger partial charge in [-0.05, 0) is 181 Å². The molecule has 0 saturated heterocycles. The first kappa shape index (κ1) is 33.8. The predicted molar refractivity (Wildman–Crippen MR) is 224 cm³/mol. The van der Waals surface area contributed by atoms with Crippen LogP contribution in [0, 0.1) is 0 Å². The number of nitrogens with zero attached hydrogens (tertiary/aromatic N) is 2. The smallest absolute Gasteiger partial charge is 0.119 e. The molecule has 4 nitrogen and oxygen atoms in total. The van der Waals surface area contributed by atoms with Gasteiger partial charge in [-0.3, -0.25) is 0 Å². The molecule has 0 saturated carbocycles. The predicted octanol–water partition coefficient (Wildman–Crippen LogP) is 12.7. The molecule has 3 aliphatic rings. The summed E-state index contributed by atoms with van der Waals surface area (Å²) in [5.41, 5.74) is 16.7. The van der Waals surface area contributed by atoms with E-state index in [1.165, 1.54) is 76.0 Å². The van der Waals surface area contributed by atoms with E-state index in [4.69, 9.17) is 9.47 Å². The molecule has 4 heteroatoms. The maximum absolute atomic E-state index is 5.47. The molecule has 0 heterocycles. The Kier molecular flexibility index (Phi) is 9.26. The Bertz CT molecular complexity index is 2320. The minimum Gasteiger partial charge on any atom is -0.497 e. The largest absolute Gasteiger partial charge is 0.497 e. The lowest BCUT2D eigenvalue weighted by molar-refractivity contribution is 0.414. The minimum absolute atomic E-state index is 0.335. The fraction of sp³-hybridized carbons (Fsp3) is 0.200. The summed E-state index contributed by atoms with van der Waals surface area (Å²) in [4.78, 5) is 4.72. The highest BCUT2D eigenvalue weighted by molar-refractivity contribution is 5.81. The van der Waals surface area contributed by atoms with Gasteiger partial charge in [-0.2, -0.15) is 0 Å². The summed E-state index contributed by atoms with van der Waals surface area (Å²) in [5, 5.41) is 0. The number of hydrogen-bond acceptors (Lipinski definition) is 4. The average Bonchev–Trinajstić information content (AvgIpc) is 3.92. The van der Waals surface area contributed by atoms with Crippen LogP contribution in [0.5, 0.6) is 11.5 Å². The molecule has 3 aliphatic carbocycles. The van der Waals surface area contributed by atoms with Crippen molar-refractivity contribution in [1.82, 2.24) is 0 Å². The molecule has 0 N–H and O–H groups in total. The van der Waals surface area contributed by atoms with Gasteiger partial charge in [0.05, 0.1) is 14.2 Å². The van der Waals surface area contributed by atoms with Gasteiger partial charge >= 0.3 is 0 Å². The van der Waals surface area contributed by atoms with Crippen molar-refractivity contribution in [2.75, 3.05) is 24.0 Å². The lowest BCUT2D eigenvalue weighted by Crippen LogP contribution is -2.11. The van der Waals surface area contributed by atoms with Crippen LogP contribution < -0.4 is 19.3 Å². The van der Waals surface area contributed by atoms with Gasteiger partial charge in [0.25, 0.3) is 0 Å². The van der Waals surface area contributed by atoms with Crippen LogP contribution in [0.25, 0.3) is 5.57 Å². The number of methoxy groups -OCH3 is 2. The Balaban J connectivity index is 0.936. The number of benzene rings is 6. The Labute approximate surface area is 319 Å². The lowest BCUT2D eigenvalue weighted by Gasteiger charge is -2.27. The fourth-order valence-corrected chi connectivity index (χ4v) is 8.51. The highest BCUT2D eigenvalue weighted by atomic mass is 16.5. The van der Waals surface area contributed by atoms with Crippen molar-refractivity contribution in [3.63, 3.8) is 0 Å². The highest BCUT2D eigenvalue weighted by Crippen LogP contribution is 2.41. The zero-order chi connectivity index (χ0) is 36.4. The third-order valence-corrected chi connectivity index (χ3v) is 11.5. The molecule has 0 aliphatic heterocycles. The lowest BCUT2D eigenvalue weighted by atomic mass is 9.88. The Hall–Kier alpha value is -6.00. The summed E-state index contributed by atoms with van der Waals surface area (Å²) >= 11 is 0. The van der Waals surface area contributed by atoms with E-state index in [0.717, 1.165) is 53.5 Å². The minimum atomic E-state index is 0.335. The Morgan fingerprint density at radius 1 is 0.463 bits per heavy atom. The van der Waals surface area contributed by atoms with Crippen molar-refractivity contribution in [1.29, 1.82) is 0 Å².